The fourth-order valence-electron chi connectivity index (χ4n) is 1.97. The van der Waals surface area contributed by atoms with Crippen LogP contribution >= 0.6 is 28.1 Å². The molecule has 2 aromatic carbocycles. The number of thiocarbonyl (C=S) groups is 1. The summed E-state index contributed by atoms with van der Waals surface area (Å²) in [5, 5.41) is 3.15. The number of nitrogens with two attached hydrogens (primary N) is 1. The molecule has 0 aliphatic carbocycles. The Labute approximate surface area is 129 Å². The zero-order valence-corrected chi connectivity index (χ0v) is 12.8. The molecule has 0 saturated carbocycles. The van der Waals surface area contributed by atoms with E-state index in [1.807, 2.05) is 42.5 Å². The minimum Gasteiger partial charge on any atom is -0.376 e. The molecule has 1 aromatic heterocycles. The van der Waals surface area contributed by atoms with Crippen LogP contribution in [0.15, 0.2) is 46.9 Å². The molecule has 1 heterocycles. The highest BCUT2D eigenvalue weighted by Gasteiger charge is 2.05. The number of imidazole rings is 1. The van der Waals surface area contributed by atoms with Crippen LogP contribution in [0.1, 0.15) is 0 Å². The maximum absolute atomic E-state index is 5.44. The summed E-state index contributed by atoms with van der Waals surface area (Å²) >= 11 is 8.25. The zero-order chi connectivity index (χ0) is 14.1. The van der Waals surface area contributed by atoms with Crippen LogP contribution in [0.25, 0.3) is 22.4 Å². The first-order valence-corrected chi connectivity index (χ1v) is 7.14. The highest BCUT2D eigenvalue weighted by molar-refractivity contribution is 9.10. The second-order valence-electron chi connectivity index (χ2n) is 4.31. The Morgan fingerprint density at radius 2 is 1.95 bits per heavy atom. The molecular weight excluding hydrogens is 336 g/mol. The van der Waals surface area contributed by atoms with Gasteiger partial charge in [-0.05, 0) is 54.7 Å². The lowest BCUT2D eigenvalue weighted by Crippen LogP contribution is -2.18. The van der Waals surface area contributed by atoms with Gasteiger partial charge in [0, 0.05) is 15.7 Å². The summed E-state index contributed by atoms with van der Waals surface area (Å²) in [7, 11) is 0. The molecule has 0 unspecified atom stereocenters. The van der Waals surface area contributed by atoms with E-state index in [0.29, 0.717) is 0 Å². The van der Waals surface area contributed by atoms with E-state index in [-0.39, 0.29) is 5.11 Å². The Hall–Kier alpha value is -1.92. The maximum atomic E-state index is 5.44. The lowest BCUT2D eigenvalue weighted by molar-refractivity contribution is 1.34. The van der Waals surface area contributed by atoms with Gasteiger partial charge in [0.15, 0.2) is 5.11 Å². The summed E-state index contributed by atoms with van der Waals surface area (Å²) < 4.78 is 1.02. The molecule has 20 heavy (non-hydrogen) atoms. The van der Waals surface area contributed by atoms with Gasteiger partial charge in [0.2, 0.25) is 0 Å². The van der Waals surface area contributed by atoms with E-state index < -0.39 is 0 Å². The van der Waals surface area contributed by atoms with Crippen molar-refractivity contribution in [1.82, 2.24) is 9.97 Å². The van der Waals surface area contributed by atoms with E-state index in [1.54, 1.807) is 0 Å². The number of rotatable bonds is 2. The van der Waals surface area contributed by atoms with Crippen molar-refractivity contribution in [3.63, 3.8) is 0 Å². The van der Waals surface area contributed by atoms with Crippen molar-refractivity contribution in [3.05, 3.63) is 46.9 Å². The summed E-state index contributed by atoms with van der Waals surface area (Å²) in [5.74, 6) is 0.833. The van der Waals surface area contributed by atoms with Crippen molar-refractivity contribution < 1.29 is 0 Å². The van der Waals surface area contributed by atoms with Gasteiger partial charge in [-0.1, -0.05) is 15.9 Å². The molecule has 4 nitrogen and oxygen atoms in total. The minimum absolute atomic E-state index is 0.256. The lowest BCUT2D eigenvalue weighted by Gasteiger charge is -2.03. The number of fused-ring (bicyclic) bond motifs is 1. The number of hydrogen-bond donors (Lipinski definition) is 3. The summed E-state index contributed by atoms with van der Waals surface area (Å²) in [6, 6.07) is 13.7. The second kappa shape index (κ2) is 5.22. The number of H-pyrrole nitrogens is 1. The summed E-state index contributed by atoms with van der Waals surface area (Å²) in [4.78, 5) is 7.87. The van der Waals surface area contributed by atoms with Gasteiger partial charge >= 0.3 is 0 Å². The normalized spacial score (nSPS) is 10.7. The van der Waals surface area contributed by atoms with Gasteiger partial charge in [0.05, 0.1) is 11.0 Å². The molecule has 0 aliphatic heterocycles. The largest absolute Gasteiger partial charge is 0.376 e. The molecule has 0 aliphatic rings. The van der Waals surface area contributed by atoms with E-state index >= 15 is 0 Å². The monoisotopic (exact) mass is 346 g/mol. The number of hydrogen-bond acceptors (Lipinski definition) is 2. The molecule has 100 valence electrons. The van der Waals surface area contributed by atoms with Gasteiger partial charge in [-0.25, -0.2) is 4.98 Å². The number of aromatic amines is 1. The maximum Gasteiger partial charge on any atom is 0.168 e. The van der Waals surface area contributed by atoms with Gasteiger partial charge in [-0.15, -0.1) is 0 Å². The third-order valence-electron chi connectivity index (χ3n) is 2.87. The predicted molar refractivity (Wildman–Crippen MR) is 89.6 cm³/mol. The third kappa shape index (κ3) is 2.66. The summed E-state index contributed by atoms with van der Waals surface area (Å²) in [5.41, 5.74) is 9.24. The number of nitrogens with zero attached hydrogens (tertiary/aromatic N) is 1. The Morgan fingerprint density at radius 3 is 2.65 bits per heavy atom. The number of benzene rings is 2. The molecule has 0 fully saturated rings. The van der Waals surface area contributed by atoms with Crippen molar-refractivity contribution in [1.29, 1.82) is 0 Å². The average molecular weight is 347 g/mol. The molecule has 4 N–H and O–H groups in total. The predicted octanol–water partition coefficient (Wildman–Crippen LogP) is 3.65. The van der Waals surface area contributed by atoms with Gasteiger partial charge in [0.1, 0.15) is 5.82 Å². The van der Waals surface area contributed by atoms with Crippen LogP contribution in [0.3, 0.4) is 0 Å². The van der Waals surface area contributed by atoms with Crippen LogP contribution in [-0.4, -0.2) is 15.1 Å². The van der Waals surface area contributed by atoms with Crippen LogP contribution in [0.2, 0.25) is 0 Å². The van der Waals surface area contributed by atoms with E-state index in [0.717, 1.165) is 32.6 Å². The molecule has 0 spiro atoms. The highest BCUT2D eigenvalue weighted by Crippen LogP contribution is 2.24. The quantitative estimate of drug-likeness (QED) is 0.619. The average Bonchev–Trinajstić information content (AvgIpc) is 2.81. The zero-order valence-electron chi connectivity index (χ0n) is 10.4. The molecule has 3 rings (SSSR count). The molecule has 0 radical (unpaired) electrons. The number of nitrogens with one attached hydrogen (secondary N) is 2. The fourth-order valence-corrected chi connectivity index (χ4v) is 2.45. The lowest BCUT2D eigenvalue weighted by atomic mass is 10.2. The van der Waals surface area contributed by atoms with Gasteiger partial charge in [-0.2, -0.15) is 0 Å². The molecular formula is C14H11BrN4S. The molecule has 0 saturated heterocycles. The molecule has 0 atom stereocenters. The fraction of sp³-hybridized carbons (Fsp3) is 0. The number of halogens is 1. The van der Waals surface area contributed by atoms with Crippen molar-refractivity contribution in [2.24, 2.45) is 5.73 Å². The standard InChI is InChI=1S/C14H11BrN4S/c15-9-3-6-11-12(7-9)19-13(18-11)8-1-4-10(5-2-8)17-14(16)20/h1-7H,(H,18,19)(H3,16,17,20). The van der Waals surface area contributed by atoms with Gasteiger partial charge < -0.3 is 16.0 Å². The Kier molecular flexibility index (Phi) is 3.42. The highest BCUT2D eigenvalue weighted by atomic mass is 79.9. The van der Waals surface area contributed by atoms with Gasteiger partial charge in [0.25, 0.3) is 0 Å². The Balaban J connectivity index is 1.96. The van der Waals surface area contributed by atoms with Crippen molar-refractivity contribution in [2.45, 2.75) is 0 Å². The number of aromatic nitrogens is 2. The molecule has 0 amide bonds. The van der Waals surface area contributed by atoms with Crippen molar-refractivity contribution in [3.8, 4) is 11.4 Å². The first-order chi connectivity index (χ1) is 9.61. The topological polar surface area (TPSA) is 66.7 Å². The van der Waals surface area contributed by atoms with Crippen LogP contribution in [0.5, 0.6) is 0 Å². The Morgan fingerprint density at radius 1 is 1.20 bits per heavy atom. The first kappa shape index (κ1) is 13.1. The van der Waals surface area contributed by atoms with Crippen LogP contribution < -0.4 is 11.1 Å². The van der Waals surface area contributed by atoms with E-state index in [2.05, 4.69) is 31.2 Å². The van der Waals surface area contributed by atoms with E-state index in [1.165, 1.54) is 0 Å². The van der Waals surface area contributed by atoms with Gasteiger partial charge in [-0.3, -0.25) is 0 Å². The molecule has 3 aromatic rings. The summed E-state index contributed by atoms with van der Waals surface area (Å²) in [6.45, 7) is 0. The SMILES string of the molecule is NC(=S)Nc1ccc(-c2nc3ccc(Br)cc3[nH]2)cc1. The van der Waals surface area contributed by atoms with E-state index in [4.69, 9.17) is 18.0 Å². The minimum atomic E-state index is 0.256. The second-order valence-corrected chi connectivity index (χ2v) is 5.67. The van der Waals surface area contributed by atoms with E-state index in [9.17, 15) is 0 Å². The summed E-state index contributed by atoms with van der Waals surface area (Å²) in [6.07, 6.45) is 0. The van der Waals surface area contributed by atoms with Crippen LogP contribution in [-0.2, 0) is 0 Å². The van der Waals surface area contributed by atoms with Crippen molar-refractivity contribution >= 4 is 50.0 Å². The molecule has 0 bridgehead atoms. The Bertz CT molecular complexity index is 779. The van der Waals surface area contributed by atoms with Crippen LogP contribution in [0, 0.1) is 0 Å². The first-order valence-electron chi connectivity index (χ1n) is 5.94. The van der Waals surface area contributed by atoms with Crippen LogP contribution in [0.4, 0.5) is 5.69 Å². The van der Waals surface area contributed by atoms with Crippen molar-refractivity contribution in [2.75, 3.05) is 5.32 Å². The molecule has 6 heteroatoms. The number of anilines is 1. The smallest absolute Gasteiger partial charge is 0.168 e. The third-order valence-corrected chi connectivity index (χ3v) is 3.47.